The Hall–Kier alpha value is -1.43. The maximum Gasteiger partial charge on any atom is 0.129 e. The molecule has 1 fully saturated rings. The van der Waals surface area contributed by atoms with Crippen molar-refractivity contribution in [3.05, 3.63) is 58.2 Å². The Morgan fingerprint density at radius 2 is 1.81 bits per heavy atom. The van der Waals surface area contributed by atoms with Gasteiger partial charge in [-0.05, 0) is 39.5 Å². The second kappa shape index (κ2) is 6.13. The molecular weight excluding hydrogens is 332 g/mol. The van der Waals surface area contributed by atoms with Gasteiger partial charge in [0.05, 0.1) is 12.2 Å². The molecule has 1 aromatic heterocycles. The topological polar surface area (TPSA) is 56.6 Å². The van der Waals surface area contributed by atoms with Crippen molar-refractivity contribution >= 4 is 21.7 Å². The van der Waals surface area contributed by atoms with Gasteiger partial charge in [0.1, 0.15) is 5.82 Å². The van der Waals surface area contributed by atoms with Crippen LogP contribution in [0, 0.1) is 0 Å². The molecule has 21 heavy (non-hydrogen) atoms. The van der Waals surface area contributed by atoms with Gasteiger partial charge in [0.25, 0.3) is 0 Å². The lowest BCUT2D eigenvalue weighted by Gasteiger charge is -2.18. The van der Waals surface area contributed by atoms with Gasteiger partial charge in [-0.15, -0.1) is 0 Å². The van der Waals surface area contributed by atoms with E-state index in [2.05, 4.69) is 33.0 Å². The fraction of sp³-hybridized carbons (Fsp3) is 0.312. The number of rotatable bonds is 3. The highest BCUT2D eigenvalue weighted by molar-refractivity contribution is 9.10. The first-order valence-corrected chi connectivity index (χ1v) is 7.72. The largest absolute Gasteiger partial charge is 0.389 e. The van der Waals surface area contributed by atoms with E-state index in [4.69, 9.17) is 0 Å². The van der Waals surface area contributed by atoms with Crippen LogP contribution in [0.1, 0.15) is 11.1 Å². The van der Waals surface area contributed by atoms with Gasteiger partial charge in [0, 0.05) is 23.8 Å². The van der Waals surface area contributed by atoms with E-state index < -0.39 is 12.2 Å². The predicted molar refractivity (Wildman–Crippen MR) is 85.4 cm³/mol. The molecule has 110 valence electrons. The Bertz CT molecular complexity index is 611. The minimum Gasteiger partial charge on any atom is -0.389 e. The van der Waals surface area contributed by atoms with Crippen LogP contribution in [0.3, 0.4) is 0 Å². The number of hydrogen-bond acceptors (Lipinski definition) is 4. The van der Waals surface area contributed by atoms with Crippen molar-refractivity contribution < 1.29 is 10.2 Å². The van der Waals surface area contributed by atoms with Crippen molar-refractivity contribution in [2.75, 3.05) is 18.0 Å². The number of β-amino-alcohol motifs (C(OH)–C–C–N with tert-alkyl or cyclic N) is 2. The number of aliphatic hydroxyl groups is 2. The van der Waals surface area contributed by atoms with Crippen LogP contribution in [0.15, 0.2) is 47.1 Å². The van der Waals surface area contributed by atoms with E-state index in [-0.39, 0.29) is 0 Å². The summed E-state index contributed by atoms with van der Waals surface area (Å²) < 4.78 is 0.968. The van der Waals surface area contributed by atoms with Gasteiger partial charge in [0.2, 0.25) is 0 Å². The molecule has 0 saturated carbocycles. The molecule has 2 N–H and O–H groups in total. The Morgan fingerprint density at radius 1 is 1.14 bits per heavy atom. The van der Waals surface area contributed by atoms with Crippen molar-refractivity contribution in [2.45, 2.75) is 18.6 Å². The summed E-state index contributed by atoms with van der Waals surface area (Å²) in [6.45, 7) is 0.834. The summed E-state index contributed by atoms with van der Waals surface area (Å²) in [5.74, 6) is 0.791. The molecule has 1 aliphatic heterocycles. The molecule has 1 aliphatic rings. The van der Waals surface area contributed by atoms with Crippen LogP contribution in [0.5, 0.6) is 0 Å². The van der Waals surface area contributed by atoms with Crippen molar-refractivity contribution in [1.82, 2.24) is 4.98 Å². The Balaban J connectivity index is 1.83. The minimum absolute atomic E-state index is 0.417. The van der Waals surface area contributed by atoms with E-state index in [1.165, 1.54) is 5.56 Å². The smallest absolute Gasteiger partial charge is 0.129 e. The normalized spacial score (nSPS) is 21.8. The minimum atomic E-state index is -0.701. The molecule has 3 rings (SSSR count). The van der Waals surface area contributed by atoms with E-state index in [1.54, 1.807) is 6.20 Å². The Labute approximate surface area is 132 Å². The van der Waals surface area contributed by atoms with E-state index in [9.17, 15) is 10.2 Å². The molecule has 0 aliphatic carbocycles. The molecule has 2 atom stereocenters. The fourth-order valence-corrected chi connectivity index (χ4v) is 2.91. The lowest BCUT2D eigenvalue weighted by molar-refractivity contribution is 0.0572. The summed E-state index contributed by atoms with van der Waals surface area (Å²) in [5.41, 5.74) is 2.37. The maximum absolute atomic E-state index is 9.66. The standard InChI is InChI=1S/C16H17BrN2O2/c17-13-8-18-16(19-9-14(20)15(21)10-19)7-12(13)6-11-4-2-1-3-5-11/h1-5,7-8,14-15,20-21H,6,9-10H2. The van der Waals surface area contributed by atoms with Gasteiger partial charge in [-0.3, -0.25) is 0 Å². The second-order valence-electron chi connectivity index (χ2n) is 5.34. The Morgan fingerprint density at radius 3 is 2.48 bits per heavy atom. The molecule has 2 unspecified atom stereocenters. The van der Waals surface area contributed by atoms with Gasteiger partial charge in [-0.2, -0.15) is 0 Å². The quantitative estimate of drug-likeness (QED) is 0.890. The maximum atomic E-state index is 9.66. The van der Waals surface area contributed by atoms with Crippen molar-refractivity contribution in [2.24, 2.45) is 0 Å². The van der Waals surface area contributed by atoms with Crippen molar-refractivity contribution in [1.29, 1.82) is 0 Å². The molecule has 0 spiro atoms. The molecule has 5 heteroatoms. The van der Waals surface area contributed by atoms with E-state index in [1.807, 2.05) is 29.2 Å². The monoisotopic (exact) mass is 348 g/mol. The molecule has 1 aromatic carbocycles. The van der Waals surface area contributed by atoms with Gasteiger partial charge in [-0.25, -0.2) is 4.98 Å². The van der Waals surface area contributed by atoms with Crippen LogP contribution in [-0.4, -0.2) is 40.5 Å². The molecule has 0 amide bonds. The summed E-state index contributed by atoms with van der Waals surface area (Å²) in [6.07, 6.45) is 1.20. The number of anilines is 1. The highest BCUT2D eigenvalue weighted by Gasteiger charge is 2.30. The summed E-state index contributed by atoms with van der Waals surface area (Å²) in [7, 11) is 0. The molecule has 2 heterocycles. The highest BCUT2D eigenvalue weighted by atomic mass is 79.9. The van der Waals surface area contributed by atoms with Gasteiger partial charge in [-0.1, -0.05) is 30.3 Å². The average molecular weight is 349 g/mol. The van der Waals surface area contributed by atoms with Crippen LogP contribution < -0.4 is 4.90 Å². The summed E-state index contributed by atoms with van der Waals surface area (Å²) in [6, 6.07) is 12.3. The lowest BCUT2D eigenvalue weighted by Crippen LogP contribution is -2.22. The SMILES string of the molecule is OC1CN(c2cc(Cc3ccccc3)c(Br)cn2)CC1O. The molecule has 0 radical (unpaired) electrons. The number of halogens is 1. The molecule has 2 aromatic rings. The van der Waals surface area contributed by atoms with Crippen LogP contribution in [0.4, 0.5) is 5.82 Å². The summed E-state index contributed by atoms with van der Waals surface area (Å²) >= 11 is 3.54. The third-order valence-electron chi connectivity index (χ3n) is 3.74. The van der Waals surface area contributed by atoms with E-state index in [0.717, 1.165) is 22.3 Å². The number of pyridine rings is 1. The third-order valence-corrected chi connectivity index (χ3v) is 4.45. The number of nitrogens with zero attached hydrogens (tertiary/aromatic N) is 2. The van der Waals surface area contributed by atoms with Crippen LogP contribution in [0.25, 0.3) is 0 Å². The van der Waals surface area contributed by atoms with Gasteiger partial charge < -0.3 is 15.1 Å². The summed E-state index contributed by atoms with van der Waals surface area (Å²) in [5, 5.41) is 19.3. The summed E-state index contributed by atoms with van der Waals surface area (Å²) in [4.78, 5) is 6.30. The van der Waals surface area contributed by atoms with Crippen molar-refractivity contribution in [3.63, 3.8) is 0 Å². The zero-order valence-corrected chi connectivity index (χ0v) is 13.1. The number of aromatic nitrogens is 1. The second-order valence-corrected chi connectivity index (χ2v) is 6.19. The Kier molecular flexibility index (Phi) is 4.24. The molecule has 1 saturated heterocycles. The van der Waals surface area contributed by atoms with Gasteiger partial charge >= 0.3 is 0 Å². The molecule has 4 nitrogen and oxygen atoms in total. The highest BCUT2D eigenvalue weighted by Crippen LogP contribution is 2.25. The zero-order valence-electron chi connectivity index (χ0n) is 11.5. The first-order chi connectivity index (χ1) is 10.1. The number of benzene rings is 1. The van der Waals surface area contributed by atoms with Crippen LogP contribution in [-0.2, 0) is 6.42 Å². The molecule has 0 bridgehead atoms. The van der Waals surface area contributed by atoms with Crippen LogP contribution >= 0.6 is 15.9 Å². The average Bonchev–Trinajstić information content (AvgIpc) is 2.82. The molecular formula is C16H17BrN2O2. The first-order valence-electron chi connectivity index (χ1n) is 6.93. The van der Waals surface area contributed by atoms with E-state index in [0.29, 0.717) is 13.1 Å². The predicted octanol–water partition coefficient (Wildman–Crippen LogP) is 1.98. The number of hydrogen-bond donors (Lipinski definition) is 2. The van der Waals surface area contributed by atoms with Crippen LogP contribution in [0.2, 0.25) is 0 Å². The lowest BCUT2D eigenvalue weighted by atomic mass is 10.1. The number of aliphatic hydroxyl groups excluding tert-OH is 2. The first kappa shape index (κ1) is 14.5. The van der Waals surface area contributed by atoms with Gasteiger partial charge in [0.15, 0.2) is 0 Å². The fourth-order valence-electron chi connectivity index (χ4n) is 2.55. The van der Waals surface area contributed by atoms with Crippen molar-refractivity contribution in [3.8, 4) is 0 Å². The zero-order chi connectivity index (χ0) is 14.8. The van der Waals surface area contributed by atoms with E-state index >= 15 is 0 Å². The third kappa shape index (κ3) is 3.26.